The van der Waals surface area contributed by atoms with Gasteiger partial charge in [-0.25, -0.2) is 0 Å². The molecule has 1 aromatic carbocycles. The van der Waals surface area contributed by atoms with Gasteiger partial charge in [-0.1, -0.05) is 30.3 Å². The van der Waals surface area contributed by atoms with E-state index in [1.807, 2.05) is 44.2 Å². The van der Waals surface area contributed by atoms with Crippen molar-refractivity contribution >= 4 is 11.9 Å². The van der Waals surface area contributed by atoms with Crippen LogP contribution in [-0.4, -0.2) is 24.1 Å². The molecule has 0 aromatic heterocycles. The zero-order valence-electron chi connectivity index (χ0n) is 12.1. The Labute approximate surface area is 119 Å². The van der Waals surface area contributed by atoms with Crippen molar-refractivity contribution in [2.75, 3.05) is 6.61 Å². The lowest BCUT2D eigenvalue weighted by Crippen LogP contribution is -2.40. The third-order valence-electron chi connectivity index (χ3n) is 3.50. The largest absolute Gasteiger partial charge is 0.465 e. The maximum absolute atomic E-state index is 12.3. The highest BCUT2D eigenvalue weighted by Gasteiger charge is 2.58. The molecule has 1 aliphatic heterocycles. The normalized spacial score (nSPS) is 24.2. The Morgan fingerprint density at radius 1 is 1.30 bits per heavy atom. The van der Waals surface area contributed by atoms with Crippen LogP contribution in [0.3, 0.4) is 0 Å². The van der Waals surface area contributed by atoms with E-state index in [1.165, 1.54) is 0 Å². The average molecular weight is 276 g/mol. The SMILES string of the molecule is CCOC(=O)[C@@]1(Cc2ccccc2)CC(C)(C)OC1=O. The van der Waals surface area contributed by atoms with Crippen molar-refractivity contribution in [2.24, 2.45) is 5.41 Å². The van der Waals surface area contributed by atoms with Crippen LogP contribution >= 0.6 is 0 Å². The van der Waals surface area contributed by atoms with Gasteiger partial charge in [0.15, 0.2) is 5.41 Å². The topological polar surface area (TPSA) is 52.6 Å². The van der Waals surface area contributed by atoms with Gasteiger partial charge in [0.2, 0.25) is 0 Å². The minimum Gasteiger partial charge on any atom is -0.465 e. The minimum absolute atomic E-state index is 0.253. The number of hydrogen-bond acceptors (Lipinski definition) is 4. The molecule has 1 heterocycles. The van der Waals surface area contributed by atoms with E-state index in [4.69, 9.17) is 9.47 Å². The Morgan fingerprint density at radius 3 is 2.45 bits per heavy atom. The number of cyclic esters (lactones) is 1. The van der Waals surface area contributed by atoms with Crippen LogP contribution in [0.2, 0.25) is 0 Å². The Balaban J connectivity index is 2.35. The molecule has 20 heavy (non-hydrogen) atoms. The minimum atomic E-state index is -1.22. The first-order valence-electron chi connectivity index (χ1n) is 6.84. The van der Waals surface area contributed by atoms with E-state index in [-0.39, 0.29) is 6.61 Å². The number of benzene rings is 1. The molecule has 0 unspecified atom stereocenters. The van der Waals surface area contributed by atoms with Gasteiger partial charge in [0.25, 0.3) is 0 Å². The average Bonchev–Trinajstić information content (AvgIpc) is 2.61. The number of ether oxygens (including phenoxy) is 2. The fourth-order valence-electron chi connectivity index (χ4n) is 2.76. The van der Waals surface area contributed by atoms with Crippen LogP contribution in [0.4, 0.5) is 0 Å². The number of carbonyl (C=O) groups is 2. The summed E-state index contributed by atoms with van der Waals surface area (Å²) in [6, 6.07) is 9.48. The van der Waals surface area contributed by atoms with Crippen molar-refractivity contribution in [3.05, 3.63) is 35.9 Å². The van der Waals surface area contributed by atoms with Crippen molar-refractivity contribution in [1.82, 2.24) is 0 Å². The molecule has 4 nitrogen and oxygen atoms in total. The number of rotatable bonds is 4. The van der Waals surface area contributed by atoms with Gasteiger partial charge in [0.05, 0.1) is 6.61 Å². The van der Waals surface area contributed by atoms with Crippen molar-refractivity contribution in [3.63, 3.8) is 0 Å². The molecule has 0 radical (unpaired) electrons. The second kappa shape index (κ2) is 5.27. The quantitative estimate of drug-likeness (QED) is 0.626. The third kappa shape index (κ3) is 2.69. The van der Waals surface area contributed by atoms with E-state index >= 15 is 0 Å². The van der Waals surface area contributed by atoms with E-state index in [9.17, 15) is 9.59 Å². The summed E-state index contributed by atoms with van der Waals surface area (Å²) in [5.74, 6) is -0.968. The van der Waals surface area contributed by atoms with Gasteiger partial charge in [-0.2, -0.15) is 0 Å². The molecule has 108 valence electrons. The van der Waals surface area contributed by atoms with Crippen molar-refractivity contribution in [1.29, 1.82) is 0 Å². The maximum atomic E-state index is 12.3. The molecule has 4 heteroatoms. The molecule has 0 spiro atoms. The first kappa shape index (κ1) is 14.6. The van der Waals surface area contributed by atoms with Crippen LogP contribution < -0.4 is 0 Å². The first-order chi connectivity index (χ1) is 9.39. The Kier molecular flexibility index (Phi) is 3.84. The third-order valence-corrected chi connectivity index (χ3v) is 3.50. The lowest BCUT2D eigenvalue weighted by molar-refractivity contribution is -0.165. The molecule has 1 fully saturated rings. The highest BCUT2D eigenvalue weighted by molar-refractivity contribution is 6.02. The van der Waals surface area contributed by atoms with Crippen LogP contribution in [0.5, 0.6) is 0 Å². The predicted octanol–water partition coefficient (Wildman–Crippen LogP) is 2.50. The molecular weight excluding hydrogens is 256 g/mol. The fourth-order valence-corrected chi connectivity index (χ4v) is 2.76. The van der Waals surface area contributed by atoms with Crippen LogP contribution in [0, 0.1) is 5.41 Å². The second-order valence-electron chi connectivity index (χ2n) is 5.79. The van der Waals surface area contributed by atoms with Gasteiger partial charge in [0.1, 0.15) is 5.60 Å². The van der Waals surface area contributed by atoms with Gasteiger partial charge in [-0.05, 0) is 32.8 Å². The van der Waals surface area contributed by atoms with E-state index < -0.39 is 23.0 Å². The molecule has 0 bridgehead atoms. The Bertz CT molecular complexity index is 506. The van der Waals surface area contributed by atoms with Gasteiger partial charge in [-0.15, -0.1) is 0 Å². The van der Waals surface area contributed by atoms with E-state index in [1.54, 1.807) is 6.92 Å². The van der Waals surface area contributed by atoms with Crippen LogP contribution in [-0.2, 0) is 25.5 Å². The molecule has 1 saturated heterocycles. The predicted molar refractivity (Wildman–Crippen MR) is 74.0 cm³/mol. The first-order valence-corrected chi connectivity index (χ1v) is 6.84. The van der Waals surface area contributed by atoms with Crippen LogP contribution in [0.15, 0.2) is 30.3 Å². The highest BCUT2D eigenvalue weighted by atomic mass is 16.6. The van der Waals surface area contributed by atoms with Gasteiger partial charge in [-0.3, -0.25) is 9.59 Å². The summed E-state index contributed by atoms with van der Waals surface area (Å²) in [5, 5.41) is 0. The zero-order chi connectivity index (χ0) is 14.8. The summed E-state index contributed by atoms with van der Waals surface area (Å²) < 4.78 is 10.5. The number of carbonyl (C=O) groups excluding carboxylic acids is 2. The van der Waals surface area contributed by atoms with Gasteiger partial charge >= 0.3 is 11.9 Å². The second-order valence-corrected chi connectivity index (χ2v) is 5.79. The lowest BCUT2D eigenvalue weighted by Gasteiger charge is -2.23. The van der Waals surface area contributed by atoms with Crippen molar-refractivity contribution < 1.29 is 19.1 Å². The maximum Gasteiger partial charge on any atom is 0.324 e. The van der Waals surface area contributed by atoms with Crippen LogP contribution in [0.1, 0.15) is 32.8 Å². The zero-order valence-corrected chi connectivity index (χ0v) is 12.1. The Hall–Kier alpha value is -1.84. The fraction of sp³-hybridized carbons (Fsp3) is 0.500. The molecule has 1 aromatic rings. The van der Waals surface area contributed by atoms with E-state index in [0.29, 0.717) is 12.8 Å². The van der Waals surface area contributed by atoms with Gasteiger partial charge in [0, 0.05) is 6.42 Å². The van der Waals surface area contributed by atoms with Crippen molar-refractivity contribution in [2.45, 2.75) is 39.2 Å². The summed E-state index contributed by atoms with van der Waals surface area (Å²) in [5.41, 5.74) is -0.936. The number of hydrogen-bond donors (Lipinski definition) is 0. The smallest absolute Gasteiger partial charge is 0.324 e. The highest BCUT2D eigenvalue weighted by Crippen LogP contribution is 2.43. The summed E-state index contributed by atoms with van der Waals surface area (Å²) in [6.07, 6.45) is 0.654. The van der Waals surface area contributed by atoms with E-state index in [2.05, 4.69) is 0 Å². The molecule has 0 amide bonds. The standard InChI is InChI=1S/C16H20O4/c1-4-19-13(17)16(10-12-8-6-5-7-9-12)11-15(2,3)20-14(16)18/h5-9H,4,10-11H2,1-3H3/t16-/m1/s1. The van der Waals surface area contributed by atoms with Gasteiger partial charge < -0.3 is 9.47 Å². The van der Waals surface area contributed by atoms with Crippen molar-refractivity contribution in [3.8, 4) is 0 Å². The molecule has 1 atom stereocenters. The molecule has 2 rings (SSSR count). The number of esters is 2. The molecule has 0 saturated carbocycles. The summed E-state index contributed by atoms with van der Waals surface area (Å²) in [6.45, 7) is 5.62. The Morgan fingerprint density at radius 2 is 1.95 bits per heavy atom. The molecular formula is C16H20O4. The molecule has 0 aliphatic carbocycles. The summed E-state index contributed by atoms with van der Waals surface area (Å²) in [7, 11) is 0. The van der Waals surface area contributed by atoms with Crippen LogP contribution in [0.25, 0.3) is 0 Å². The molecule has 1 aliphatic rings. The van der Waals surface area contributed by atoms with E-state index in [0.717, 1.165) is 5.56 Å². The summed E-state index contributed by atoms with van der Waals surface area (Å²) >= 11 is 0. The summed E-state index contributed by atoms with van der Waals surface area (Å²) in [4.78, 5) is 24.7. The molecule has 0 N–H and O–H groups in total. The monoisotopic (exact) mass is 276 g/mol. The lowest BCUT2D eigenvalue weighted by atomic mass is 9.76.